The van der Waals surface area contributed by atoms with E-state index in [1.807, 2.05) is 0 Å². The molecule has 98 valence electrons. The Morgan fingerprint density at radius 1 is 1.17 bits per heavy atom. The zero-order valence-electron chi connectivity index (χ0n) is 11.2. The maximum Gasteiger partial charge on any atom is 0.0252 e. The molecule has 0 heterocycles. The SMILES string of the molecule is CC(CCl)Cc1ccc(C2CC3CCC2C3)cc1. The van der Waals surface area contributed by atoms with Crippen LogP contribution in [-0.2, 0) is 6.42 Å². The zero-order chi connectivity index (χ0) is 12.5. The molecule has 1 aromatic carbocycles. The third-order valence-corrected chi connectivity index (χ3v) is 5.52. The molecule has 2 bridgehead atoms. The lowest BCUT2D eigenvalue weighted by Crippen LogP contribution is -2.08. The van der Waals surface area contributed by atoms with Crippen LogP contribution < -0.4 is 0 Å². The summed E-state index contributed by atoms with van der Waals surface area (Å²) in [7, 11) is 0. The minimum atomic E-state index is 0.583. The standard InChI is InChI=1S/C17H23Cl/c1-12(11-18)8-13-2-5-15(6-3-13)17-10-14-4-7-16(17)9-14/h2-3,5-6,12,14,16-17H,4,7-11H2,1H3. The summed E-state index contributed by atoms with van der Waals surface area (Å²) in [6.07, 6.45) is 7.02. The van der Waals surface area contributed by atoms with Crippen LogP contribution in [0.25, 0.3) is 0 Å². The third-order valence-electron chi connectivity index (χ3n) is 4.99. The Bertz CT molecular complexity index is 395. The van der Waals surface area contributed by atoms with Crippen molar-refractivity contribution in [1.82, 2.24) is 0 Å². The Morgan fingerprint density at radius 2 is 1.94 bits per heavy atom. The first kappa shape index (κ1) is 12.5. The molecule has 0 aromatic heterocycles. The van der Waals surface area contributed by atoms with E-state index in [9.17, 15) is 0 Å². The van der Waals surface area contributed by atoms with Gasteiger partial charge in [-0.1, -0.05) is 37.6 Å². The van der Waals surface area contributed by atoms with Crippen molar-refractivity contribution in [2.45, 2.75) is 44.9 Å². The average Bonchev–Trinajstić information content (AvgIpc) is 3.02. The fraction of sp³-hybridized carbons (Fsp3) is 0.647. The normalized spacial score (nSPS) is 31.8. The Balaban J connectivity index is 1.68. The van der Waals surface area contributed by atoms with Gasteiger partial charge in [0.15, 0.2) is 0 Å². The predicted octanol–water partition coefficient (Wildman–Crippen LogP) is 5.01. The minimum Gasteiger partial charge on any atom is -0.126 e. The molecule has 0 nitrogen and oxygen atoms in total. The summed E-state index contributed by atoms with van der Waals surface area (Å²) in [5.41, 5.74) is 3.03. The van der Waals surface area contributed by atoms with Gasteiger partial charge in [-0.15, -0.1) is 11.6 Å². The van der Waals surface area contributed by atoms with Crippen LogP contribution in [0, 0.1) is 17.8 Å². The van der Waals surface area contributed by atoms with Crippen LogP contribution in [0.3, 0.4) is 0 Å². The van der Waals surface area contributed by atoms with Gasteiger partial charge in [-0.25, -0.2) is 0 Å². The van der Waals surface area contributed by atoms with Gasteiger partial charge in [0, 0.05) is 5.88 Å². The molecule has 0 aliphatic heterocycles. The van der Waals surface area contributed by atoms with Crippen LogP contribution in [0.15, 0.2) is 24.3 Å². The third kappa shape index (κ3) is 2.45. The lowest BCUT2D eigenvalue weighted by atomic mass is 9.83. The van der Waals surface area contributed by atoms with Crippen molar-refractivity contribution in [2.75, 3.05) is 5.88 Å². The molecule has 3 rings (SSSR count). The molecular formula is C17H23Cl. The Hall–Kier alpha value is -0.490. The lowest BCUT2D eigenvalue weighted by molar-refractivity contribution is 0.420. The summed E-state index contributed by atoms with van der Waals surface area (Å²) in [5, 5.41) is 0. The average molecular weight is 263 g/mol. The van der Waals surface area contributed by atoms with Gasteiger partial charge in [0.1, 0.15) is 0 Å². The van der Waals surface area contributed by atoms with E-state index in [4.69, 9.17) is 11.6 Å². The quantitative estimate of drug-likeness (QED) is 0.670. The molecule has 2 aliphatic rings. The van der Waals surface area contributed by atoms with Crippen LogP contribution in [0.5, 0.6) is 0 Å². The summed E-state index contributed by atoms with van der Waals surface area (Å²) >= 11 is 5.88. The molecular weight excluding hydrogens is 240 g/mol. The van der Waals surface area contributed by atoms with Crippen LogP contribution in [0.1, 0.15) is 49.7 Å². The van der Waals surface area contributed by atoms with E-state index in [1.165, 1.54) is 31.2 Å². The van der Waals surface area contributed by atoms with Crippen molar-refractivity contribution < 1.29 is 0 Å². The molecule has 0 saturated heterocycles. The van der Waals surface area contributed by atoms with E-state index in [-0.39, 0.29) is 0 Å². The second-order valence-electron chi connectivity index (χ2n) is 6.49. The smallest absolute Gasteiger partial charge is 0.0252 e. The molecule has 0 N–H and O–H groups in total. The lowest BCUT2D eigenvalue weighted by Gasteiger charge is -2.22. The van der Waals surface area contributed by atoms with Crippen molar-refractivity contribution in [3.63, 3.8) is 0 Å². The predicted molar refractivity (Wildman–Crippen MR) is 78.2 cm³/mol. The summed E-state index contributed by atoms with van der Waals surface area (Å²) in [6, 6.07) is 9.40. The largest absolute Gasteiger partial charge is 0.126 e. The summed E-state index contributed by atoms with van der Waals surface area (Å²) in [5.74, 6) is 4.23. The highest BCUT2D eigenvalue weighted by atomic mass is 35.5. The minimum absolute atomic E-state index is 0.583. The Kier molecular flexibility index (Phi) is 3.66. The number of hydrogen-bond acceptors (Lipinski definition) is 0. The van der Waals surface area contributed by atoms with Crippen LogP contribution >= 0.6 is 11.6 Å². The molecule has 1 heteroatoms. The van der Waals surface area contributed by atoms with E-state index in [2.05, 4.69) is 31.2 Å². The van der Waals surface area contributed by atoms with Gasteiger partial charge in [-0.05, 0) is 60.5 Å². The first-order chi connectivity index (χ1) is 8.76. The van der Waals surface area contributed by atoms with Gasteiger partial charge in [0.05, 0.1) is 0 Å². The van der Waals surface area contributed by atoms with E-state index in [0.717, 1.165) is 30.1 Å². The molecule has 2 fully saturated rings. The second-order valence-corrected chi connectivity index (χ2v) is 6.80. The number of fused-ring (bicyclic) bond motifs is 2. The molecule has 4 unspecified atom stereocenters. The van der Waals surface area contributed by atoms with Crippen molar-refractivity contribution in [2.24, 2.45) is 17.8 Å². The number of benzene rings is 1. The summed E-state index contributed by atoms with van der Waals surface area (Å²) < 4.78 is 0. The van der Waals surface area contributed by atoms with Crippen LogP contribution in [-0.4, -0.2) is 5.88 Å². The molecule has 0 radical (unpaired) electrons. The fourth-order valence-corrected chi connectivity index (χ4v) is 4.12. The highest BCUT2D eigenvalue weighted by Crippen LogP contribution is 2.52. The van der Waals surface area contributed by atoms with Gasteiger partial charge in [0.25, 0.3) is 0 Å². The van der Waals surface area contributed by atoms with Crippen molar-refractivity contribution in [3.05, 3.63) is 35.4 Å². The zero-order valence-corrected chi connectivity index (χ0v) is 12.0. The van der Waals surface area contributed by atoms with Gasteiger partial charge in [-0.2, -0.15) is 0 Å². The first-order valence-corrected chi connectivity index (χ1v) is 7.94. The van der Waals surface area contributed by atoms with Gasteiger partial charge >= 0.3 is 0 Å². The van der Waals surface area contributed by atoms with E-state index >= 15 is 0 Å². The Labute approximate surface area is 116 Å². The number of rotatable bonds is 4. The van der Waals surface area contributed by atoms with Crippen LogP contribution in [0.4, 0.5) is 0 Å². The number of hydrogen-bond donors (Lipinski definition) is 0. The van der Waals surface area contributed by atoms with E-state index in [0.29, 0.717) is 5.92 Å². The highest BCUT2D eigenvalue weighted by molar-refractivity contribution is 6.18. The van der Waals surface area contributed by atoms with E-state index in [1.54, 1.807) is 5.56 Å². The molecule has 2 aliphatic carbocycles. The maximum absolute atomic E-state index is 5.88. The molecule has 4 atom stereocenters. The number of halogens is 1. The first-order valence-electron chi connectivity index (χ1n) is 7.41. The molecule has 0 spiro atoms. The second kappa shape index (κ2) is 5.25. The fourth-order valence-electron chi connectivity index (χ4n) is 4.01. The molecule has 2 saturated carbocycles. The molecule has 18 heavy (non-hydrogen) atoms. The van der Waals surface area contributed by atoms with E-state index < -0.39 is 0 Å². The van der Waals surface area contributed by atoms with Crippen molar-refractivity contribution >= 4 is 11.6 Å². The Morgan fingerprint density at radius 3 is 2.50 bits per heavy atom. The molecule has 0 amide bonds. The monoisotopic (exact) mass is 262 g/mol. The topological polar surface area (TPSA) is 0 Å². The van der Waals surface area contributed by atoms with Gasteiger partial charge in [-0.3, -0.25) is 0 Å². The van der Waals surface area contributed by atoms with Crippen molar-refractivity contribution in [1.29, 1.82) is 0 Å². The summed E-state index contributed by atoms with van der Waals surface area (Å²) in [6.45, 7) is 2.22. The van der Waals surface area contributed by atoms with Gasteiger partial charge in [0.2, 0.25) is 0 Å². The summed E-state index contributed by atoms with van der Waals surface area (Å²) in [4.78, 5) is 0. The van der Waals surface area contributed by atoms with Crippen molar-refractivity contribution in [3.8, 4) is 0 Å². The molecule has 1 aromatic rings. The maximum atomic E-state index is 5.88. The number of alkyl halides is 1. The highest BCUT2D eigenvalue weighted by Gasteiger charge is 2.39. The van der Waals surface area contributed by atoms with Crippen LogP contribution in [0.2, 0.25) is 0 Å². The van der Waals surface area contributed by atoms with Gasteiger partial charge < -0.3 is 0 Å².